The smallest absolute Gasteiger partial charge is 0.139 e. The molecule has 0 aromatic rings. The summed E-state index contributed by atoms with van der Waals surface area (Å²) in [4.78, 5) is 17.7. The van der Waals surface area contributed by atoms with E-state index in [0.717, 1.165) is 43.2 Å². The summed E-state index contributed by atoms with van der Waals surface area (Å²) in [6.07, 6.45) is 11.3. The summed E-state index contributed by atoms with van der Waals surface area (Å²) in [6, 6.07) is 0. The number of carbonyl (C=O) groups excluding carboxylic acids is 1. The minimum Gasteiger partial charge on any atom is -0.399 e. The molecule has 5 atom stereocenters. The van der Waals surface area contributed by atoms with E-state index >= 15 is 0 Å². The van der Waals surface area contributed by atoms with E-state index in [4.69, 9.17) is 4.84 Å². The number of Topliss-reactive ketones (excluding diaryl/α,β-unsaturated/α-hetero) is 1. The van der Waals surface area contributed by atoms with Crippen LogP contribution in [-0.4, -0.2) is 30.1 Å². The molecule has 27 heavy (non-hydrogen) atoms. The highest BCUT2D eigenvalue weighted by molar-refractivity contribution is 8.76. The largest absolute Gasteiger partial charge is 0.399 e. The molecule has 4 aliphatic rings. The van der Waals surface area contributed by atoms with Gasteiger partial charge in [-0.25, -0.2) is 0 Å². The Labute approximate surface area is 171 Å². The lowest BCUT2D eigenvalue weighted by Crippen LogP contribution is -2.52. The van der Waals surface area contributed by atoms with Crippen LogP contribution in [0.15, 0.2) is 16.8 Å². The van der Waals surface area contributed by atoms with Crippen LogP contribution in [0, 0.1) is 28.6 Å². The van der Waals surface area contributed by atoms with Crippen molar-refractivity contribution < 1.29 is 9.63 Å². The third kappa shape index (κ3) is 3.21. The summed E-state index contributed by atoms with van der Waals surface area (Å²) in [5.41, 5.74) is 3.04. The number of allylic oxidation sites excluding steroid dienone is 2. The number of hydrogen-bond acceptors (Lipinski definition) is 5. The van der Waals surface area contributed by atoms with Crippen molar-refractivity contribution >= 4 is 33.1 Å². The van der Waals surface area contributed by atoms with Gasteiger partial charge in [0.2, 0.25) is 0 Å². The molecule has 0 aliphatic heterocycles. The zero-order valence-corrected chi connectivity index (χ0v) is 18.6. The number of ketones is 1. The second kappa shape index (κ2) is 7.78. The lowest BCUT2D eigenvalue weighted by Gasteiger charge is -2.58. The molecule has 0 aromatic carbocycles. The Hall–Kier alpha value is -0.420. The highest BCUT2D eigenvalue weighted by Crippen LogP contribution is 2.65. The zero-order chi connectivity index (χ0) is 19.1. The molecule has 0 amide bonds. The summed E-state index contributed by atoms with van der Waals surface area (Å²) < 4.78 is 0. The van der Waals surface area contributed by atoms with Gasteiger partial charge in [-0.05, 0) is 68.8 Å². The Morgan fingerprint density at radius 2 is 2.00 bits per heavy atom. The first-order chi connectivity index (χ1) is 13.0. The first kappa shape index (κ1) is 19.9. The molecule has 0 spiro atoms. The van der Waals surface area contributed by atoms with Crippen LogP contribution in [0.25, 0.3) is 0 Å². The molecule has 5 heteroatoms. The number of hydrogen-bond donors (Lipinski definition) is 0. The highest BCUT2D eigenvalue weighted by atomic mass is 33.1. The molecule has 150 valence electrons. The van der Waals surface area contributed by atoms with Gasteiger partial charge in [-0.3, -0.25) is 4.79 Å². The van der Waals surface area contributed by atoms with Gasteiger partial charge in [-0.15, -0.1) is 0 Å². The van der Waals surface area contributed by atoms with E-state index in [0.29, 0.717) is 17.1 Å². The predicted molar refractivity (Wildman–Crippen MR) is 116 cm³/mol. The quantitative estimate of drug-likeness (QED) is 0.323. The molecule has 3 saturated carbocycles. The van der Waals surface area contributed by atoms with Crippen molar-refractivity contribution in [2.75, 3.05) is 18.6 Å². The van der Waals surface area contributed by atoms with Crippen LogP contribution in [0.5, 0.6) is 0 Å². The molecule has 4 aliphatic carbocycles. The van der Waals surface area contributed by atoms with Crippen LogP contribution in [-0.2, 0) is 9.63 Å². The molecule has 3 nitrogen and oxygen atoms in total. The summed E-state index contributed by atoms with van der Waals surface area (Å²) in [7, 11) is 5.72. The van der Waals surface area contributed by atoms with Gasteiger partial charge < -0.3 is 4.84 Å². The van der Waals surface area contributed by atoms with Gasteiger partial charge >= 0.3 is 0 Å². The van der Waals surface area contributed by atoms with Gasteiger partial charge in [0.15, 0.2) is 0 Å². The van der Waals surface area contributed by atoms with Crippen LogP contribution in [0.3, 0.4) is 0 Å². The van der Waals surface area contributed by atoms with Gasteiger partial charge in [0, 0.05) is 28.8 Å². The number of carbonyl (C=O) groups is 1. The van der Waals surface area contributed by atoms with Crippen LogP contribution in [0.4, 0.5) is 0 Å². The first-order valence-corrected chi connectivity index (χ1v) is 13.1. The fourth-order valence-corrected chi connectivity index (χ4v) is 9.22. The van der Waals surface area contributed by atoms with Crippen molar-refractivity contribution in [3.8, 4) is 0 Å². The SMILES string of the molecule is CCSSC[C@]12CC/C(=N/OC)C=C1CC[C@@H]1[C@@H]2CC[C@]2(C)C(=O)CC[C@@H]12. The standard InChI is InChI=1S/C22H33NO2S2/c1-4-26-27-14-22-12-9-16(23-25-3)13-15(22)5-6-17-18-7-8-20(24)21(18,2)11-10-19(17)22/h13,17-19H,4-12,14H2,1-3H3/b23-16-/t17-,18-,19-,21-,22+/m0/s1. The zero-order valence-electron chi connectivity index (χ0n) is 17.0. The summed E-state index contributed by atoms with van der Waals surface area (Å²) in [6.45, 7) is 4.53. The average molecular weight is 408 g/mol. The van der Waals surface area contributed by atoms with Gasteiger partial charge in [0.25, 0.3) is 0 Å². The molecular weight excluding hydrogens is 374 g/mol. The van der Waals surface area contributed by atoms with E-state index in [1.165, 1.54) is 37.2 Å². The van der Waals surface area contributed by atoms with E-state index in [1.54, 1.807) is 12.7 Å². The van der Waals surface area contributed by atoms with Crippen molar-refractivity contribution in [3.05, 3.63) is 11.6 Å². The summed E-state index contributed by atoms with van der Waals surface area (Å²) in [5, 5.41) is 4.26. The van der Waals surface area contributed by atoms with E-state index in [-0.39, 0.29) is 5.41 Å². The molecule has 0 unspecified atom stereocenters. The highest BCUT2D eigenvalue weighted by Gasteiger charge is 2.59. The monoisotopic (exact) mass is 407 g/mol. The lowest BCUT2D eigenvalue weighted by atomic mass is 9.47. The molecule has 0 N–H and O–H groups in total. The molecular formula is C22H33NO2S2. The molecule has 3 fully saturated rings. The van der Waals surface area contributed by atoms with Crippen molar-refractivity contribution in [1.82, 2.24) is 0 Å². The minimum atomic E-state index is -0.0216. The summed E-state index contributed by atoms with van der Waals surface area (Å²) in [5.74, 6) is 5.04. The molecule has 0 bridgehead atoms. The van der Waals surface area contributed by atoms with E-state index in [2.05, 4.69) is 35.9 Å². The topological polar surface area (TPSA) is 38.7 Å². The molecule has 0 saturated heterocycles. The maximum Gasteiger partial charge on any atom is 0.139 e. The van der Waals surface area contributed by atoms with Gasteiger partial charge in [-0.2, -0.15) is 0 Å². The summed E-state index contributed by atoms with van der Waals surface area (Å²) >= 11 is 0. The normalized spacial score (nSPS) is 42.3. The van der Waals surface area contributed by atoms with Gasteiger partial charge in [-0.1, -0.05) is 46.2 Å². The van der Waals surface area contributed by atoms with Gasteiger partial charge in [0.1, 0.15) is 12.9 Å². The van der Waals surface area contributed by atoms with Crippen molar-refractivity contribution in [2.24, 2.45) is 33.7 Å². The van der Waals surface area contributed by atoms with Gasteiger partial charge in [0.05, 0.1) is 5.71 Å². The molecule has 0 radical (unpaired) electrons. The maximum atomic E-state index is 12.6. The molecule has 0 heterocycles. The van der Waals surface area contributed by atoms with E-state index in [9.17, 15) is 4.79 Å². The second-order valence-corrected chi connectivity index (χ2v) is 11.8. The lowest BCUT2D eigenvalue weighted by molar-refractivity contribution is -0.132. The Morgan fingerprint density at radius 1 is 1.15 bits per heavy atom. The van der Waals surface area contributed by atoms with E-state index in [1.807, 2.05) is 10.8 Å². The van der Waals surface area contributed by atoms with Crippen LogP contribution in [0.1, 0.15) is 65.2 Å². The number of rotatable bonds is 5. The fraction of sp³-hybridized carbons (Fsp3) is 0.818. The van der Waals surface area contributed by atoms with Crippen LogP contribution in [0.2, 0.25) is 0 Å². The average Bonchev–Trinajstić information content (AvgIpc) is 2.97. The predicted octanol–water partition coefficient (Wildman–Crippen LogP) is 5.90. The Bertz CT molecular complexity index is 661. The van der Waals surface area contributed by atoms with Crippen molar-refractivity contribution in [1.29, 1.82) is 0 Å². The van der Waals surface area contributed by atoms with Crippen LogP contribution < -0.4 is 0 Å². The van der Waals surface area contributed by atoms with Crippen molar-refractivity contribution in [2.45, 2.75) is 65.2 Å². The van der Waals surface area contributed by atoms with E-state index < -0.39 is 0 Å². The first-order valence-electron chi connectivity index (χ1n) is 10.6. The third-order valence-corrected chi connectivity index (χ3v) is 10.7. The minimum absolute atomic E-state index is 0.0216. The number of fused-ring (bicyclic) bond motifs is 5. The molecule has 4 rings (SSSR count). The molecule has 0 aromatic heterocycles. The fourth-order valence-electron chi connectivity index (χ4n) is 6.83. The maximum absolute atomic E-state index is 12.6. The third-order valence-electron chi connectivity index (χ3n) is 8.14. The Kier molecular flexibility index (Phi) is 5.73. The number of oxime groups is 1. The Balaban J connectivity index is 1.67. The van der Waals surface area contributed by atoms with Crippen LogP contribution >= 0.6 is 21.6 Å². The number of nitrogens with zero attached hydrogens (tertiary/aromatic N) is 1. The Morgan fingerprint density at radius 3 is 2.78 bits per heavy atom. The second-order valence-electron chi connectivity index (χ2n) is 9.09. The van der Waals surface area contributed by atoms with Crippen molar-refractivity contribution in [3.63, 3.8) is 0 Å².